The number of amides is 3. The molecule has 3 amide bonds. The number of fused-ring (bicyclic) bond motifs is 1. The van der Waals surface area contributed by atoms with E-state index in [1.807, 2.05) is 61.2 Å². The Bertz CT molecular complexity index is 1700. The van der Waals surface area contributed by atoms with Gasteiger partial charge >= 0.3 is 6.03 Å². The van der Waals surface area contributed by atoms with Crippen LogP contribution in [-0.4, -0.2) is 57.7 Å². The highest BCUT2D eigenvalue weighted by Gasteiger charge is 2.54. The van der Waals surface area contributed by atoms with Gasteiger partial charge in [-0.15, -0.1) is 0 Å². The van der Waals surface area contributed by atoms with Gasteiger partial charge < -0.3 is 20.9 Å². The van der Waals surface area contributed by atoms with Crippen molar-refractivity contribution in [2.75, 3.05) is 36.1 Å². The van der Waals surface area contributed by atoms with Crippen molar-refractivity contribution in [3.63, 3.8) is 0 Å². The van der Waals surface area contributed by atoms with Gasteiger partial charge in [0.1, 0.15) is 0 Å². The number of aliphatic imine (C=N–C) groups is 1. The summed E-state index contributed by atoms with van der Waals surface area (Å²) in [6.07, 6.45) is 5.39. The van der Waals surface area contributed by atoms with Crippen molar-refractivity contribution in [1.82, 2.24) is 15.4 Å². The normalized spacial score (nSPS) is 22.3. The first-order chi connectivity index (χ1) is 21.4. The molecule has 1 aliphatic heterocycles. The van der Waals surface area contributed by atoms with Gasteiger partial charge in [0.2, 0.25) is 21.7 Å². The summed E-state index contributed by atoms with van der Waals surface area (Å²) >= 11 is 0. The van der Waals surface area contributed by atoms with E-state index < -0.39 is 21.5 Å². The van der Waals surface area contributed by atoms with Crippen LogP contribution in [0.2, 0.25) is 0 Å². The zero-order valence-corrected chi connectivity index (χ0v) is 26.9. The molecule has 0 unspecified atom stereocenters. The van der Waals surface area contributed by atoms with Crippen molar-refractivity contribution in [3.05, 3.63) is 77.1 Å². The molecule has 1 fully saturated rings. The molecule has 1 heterocycles. The maximum atomic E-state index is 14.0. The summed E-state index contributed by atoms with van der Waals surface area (Å²) in [6.45, 7) is 7.50. The monoisotopic (exact) mass is 632 g/mol. The highest BCUT2D eigenvalue weighted by Crippen LogP contribution is 2.50. The summed E-state index contributed by atoms with van der Waals surface area (Å²) in [4.78, 5) is 47.4. The van der Waals surface area contributed by atoms with E-state index >= 15 is 0 Å². The molecule has 12 heteroatoms. The molecule has 5 rings (SSSR count). The molecule has 0 bridgehead atoms. The quantitative estimate of drug-likeness (QED) is 0.303. The molecule has 3 aliphatic rings. The summed E-state index contributed by atoms with van der Waals surface area (Å²) in [5.74, 6) is -0.125. The second kappa shape index (κ2) is 13.0. The lowest BCUT2D eigenvalue weighted by atomic mass is 9.65. The van der Waals surface area contributed by atoms with Crippen LogP contribution in [0.15, 0.2) is 76.6 Å². The van der Waals surface area contributed by atoms with Crippen LogP contribution in [-0.2, 0) is 19.6 Å². The van der Waals surface area contributed by atoms with Gasteiger partial charge in [-0.05, 0) is 93.5 Å². The van der Waals surface area contributed by atoms with Gasteiger partial charge in [-0.2, -0.15) is 0 Å². The largest absolute Gasteiger partial charge is 0.370 e. The Morgan fingerprint density at radius 1 is 1.09 bits per heavy atom. The van der Waals surface area contributed by atoms with E-state index in [4.69, 9.17) is 4.99 Å². The van der Waals surface area contributed by atoms with Crippen LogP contribution < -0.4 is 25.6 Å². The van der Waals surface area contributed by atoms with Crippen molar-refractivity contribution in [2.24, 2.45) is 16.3 Å². The molecule has 2 aliphatic carbocycles. The van der Waals surface area contributed by atoms with Crippen LogP contribution in [0.3, 0.4) is 0 Å². The third-order valence-electron chi connectivity index (χ3n) is 8.65. The first kappa shape index (κ1) is 32.1. The molecular weight excluding hydrogens is 592 g/mol. The second-order valence-electron chi connectivity index (χ2n) is 12.1. The smallest absolute Gasteiger partial charge is 0.323 e. The number of rotatable bonds is 9. The number of aryl methyl sites for hydroxylation is 1. The molecule has 1 saturated carbocycles. The maximum Gasteiger partial charge on any atom is 0.323 e. The van der Waals surface area contributed by atoms with Crippen LogP contribution >= 0.6 is 0 Å². The zero-order chi connectivity index (χ0) is 32.4. The lowest BCUT2D eigenvalue weighted by molar-refractivity contribution is -0.130. The standard InChI is InChI=1S/C33H40N6O5S/c1-5-39(18-17-34-45(4,43)44)25-11-9-23(10-12-25)35-26-20-27(37-32(42)36-24-8-6-7-22(3)19-24)30(40)28-29(26)38-31(41)33(28)15-13-21(2)14-16-33/h6-12,19-21,34H,5,13-18H2,1-4H3,(H,38,41)(H2,36,37,42). The van der Waals surface area contributed by atoms with E-state index in [0.29, 0.717) is 60.2 Å². The Morgan fingerprint density at radius 3 is 2.44 bits per heavy atom. The third kappa shape index (κ3) is 7.18. The first-order valence-corrected chi connectivity index (χ1v) is 17.1. The minimum Gasteiger partial charge on any atom is -0.370 e. The summed E-state index contributed by atoms with van der Waals surface area (Å²) < 4.78 is 25.4. The topological polar surface area (TPSA) is 149 Å². The zero-order valence-electron chi connectivity index (χ0n) is 26.1. The van der Waals surface area contributed by atoms with Crippen LogP contribution in [0.4, 0.5) is 21.9 Å². The number of nitrogens with one attached hydrogen (secondary N) is 4. The highest BCUT2D eigenvalue weighted by atomic mass is 32.2. The molecular formula is C33H40N6O5S. The number of carbonyl (C=O) groups excluding carboxylic acids is 3. The SMILES string of the molecule is CCN(CCNS(C)(=O)=O)c1ccc(N=C2C=C(NC(=O)Nc3cccc(C)c3)C(=O)C3=C2NC(=O)C32CCC(C)CC2)cc1. The molecule has 1 spiro atoms. The van der Waals surface area contributed by atoms with E-state index in [2.05, 4.69) is 27.6 Å². The van der Waals surface area contributed by atoms with Crippen molar-refractivity contribution in [3.8, 4) is 0 Å². The molecule has 0 aromatic heterocycles. The first-order valence-electron chi connectivity index (χ1n) is 15.2. The second-order valence-corrected chi connectivity index (χ2v) is 13.9. The molecule has 45 heavy (non-hydrogen) atoms. The number of carbonyl (C=O) groups is 3. The van der Waals surface area contributed by atoms with E-state index in [0.717, 1.165) is 30.3 Å². The van der Waals surface area contributed by atoms with Crippen molar-refractivity contribution in [1.29, 1.82) is 0 Å². The Morgan fingerprint density at radius 2 is 1.80 bits per heavy atom. The number of benzene rings is 2. The fourth-order valence-electron chi connectivity index (χ4n) is 6.21. The summed E-state index contributed by atoms with van der Waals surface area (Å²) in [7, 11) is -3.28. The average molecular weight is 633 g/mol. The van der Waals surface area contributed by atoms with Crippen molar-refractivity contribution < 1.29 is 22.8 Å². The van der Waals surface area contributed by atoms with E-state index in [9.17, 15) is 22.8 Å². The van der Waals surface area contributed by atoms with Gasteiger partial charge in [-0.1, -0.05) is 19.1 Å². The molecule has 0 saturated heterocycles. The van der Waals surface area contributed by atoms with E-state index in [1.54, 1.807) is 6.07 Å². The Hall–Kier alpha value is -4.29. The fraction of sp³-hybridized carbons (Fsp3) is 0.394. The molecule has 0 atom stereocenters. The summed E-state index contributed by atoms with van der Waals surface area (Å²) in [5, 5.41) is 8.48. The number of Topliss-reactive ketones (excluding diaryl/α,β-unsaturated/α-hetero) is 1. The van der Waals surface area contributed by atoms with Crippen LogP contribution in [0.5, 0.6) is 0 Å². The number of ketones is 1. The van der Waals surface area contributed by atoms with Crippen molar-refractivity contribution >= 4 is 50.5 Å². The van der Waals surface area contributed by atoms with E-state index in [1.165, 1.54) is 6.08 Å². The van der Waals surface area contributed by atoms with Crippen molar-refractivity contribution in [2.45, 2.75) is 46.5 Å². The predicted octanol–water partition coefficient (Wildman–Crippen LogP) is 4.31. The van der Waals surface area contributed by atoms with Gasteiger partial charge in [-0.25, -0.2) is 22.9 Å². The predicted molar refractivity (Wildman–Crippen MR) is 176 cm³/mol. The van der Waals surface area contributed by atoms with Gasteiger partial charge in [0.25, 0.3) is 0 Å². The number of hydrogen-bond acceptors (Lipinski definition) is 7. The van der Waals surface area contributed by atoms with Crippen LogP contribution in [0.1, 0.15) is 45.1 Å². The minimum absolute atomic E-state index is 0.0549. The third-order valence-corrected chi connectivity index (χ3v) is 9.38. The minimum atomic E-state index is -3.28. The van der Waals surface area contributed by atoms with Gasteiger partial charge in [0.15, 0.2) is 0 Å². The average Bonchev–Trinajstić information content (AvgIpc) is 3.27. The molecule has 238 valence electrons. The fourth-order valence-corrected chi connectivity index (χ4v) is 6.68. The molecule has 2 aromatic rings. The maximum absolute atomic E-state index is 14.0. The lowest BCUT2D eigenvalue weighted by Crippen LogP contribution is -2.41. The summed E-state index contributed by atoms with van der Waals surface area (Å²) in [5.41, 5.74) is 3.31. The summed E-state index contributed by atoms with van der Waals surface area (Å²) in [6, 6.07) is 14.2. The van der Waals surface area contributed by atoms with Gasteiger partial charge in [0, 0.05) is 36.6 Å². The number of hydrogen-bond donors (Lipinski definition) is 4. The number of allylic oxidation sites excluding steroid dienone is 2. The number of nitrogens with zero attached hydrogens (tertiary/aromatic N) is 2. The Kier molecular flexibility index (Phi) is 9.26. The lowest BCUT2D eigenvalue weighted by Gasteiger charge is -2.36. The van der Waals surface area contributed by atoms with Crippen LogP contribution in [0.25, 0.3) is 0 Å². The number of sulfonamides is 1. The number of likely N-dealkylation sites (N-methyl/N-ethyl adjacent to an activating group) is 1. The van der Waals surface area contributed by atoms with Gasteiger partial charge in [0.05, 0.1) is 34.5 Å². The molecule has 2 aromatic carbocycles. The van der Waals surface area contributed by atoms with Crippen LogP contribution in [0, 0.1) is 18.3 Å². The number of anilines is 2. The Balaban J connectivity index is 1.45. The van der Waals surface area contributed by atoms with Gasteiger partial charge in [-0.3, -0.25) is 9.59 Å². The highest BCUT2D eigenvalue weighted by molar-refractivity contribution is 7.88. The molecule has 4 N–H and O–H groups in total. The Labute approximate surface area is 264 Å². The molecule has 11 nitrogen and oxygen atoms in total. The molecule has 0 radical (unpaired) electrons. The van der Waals surface area contributed by atoms with E-state index in [-0.39, 0.29) is 23.9 Å². The number of urea groups is 1.